The predicted octanol–water partition coefficient (Wildman–Crippen LogP) is 1.37. The van der Waals surface area contributed by atoms with E-state index in [9.17, 15) is 22.6 Å². The van der Waals surface area contributed by atoms with Crippen LogP contribution >= 0.6 is 0 Å². The highest BCUT2D eigenvalue weighted by atomic mass is 32.2. The van der Waals surface area contributed by atoms with Crippen molar-refractivity contribution in [3.05, 3.63) is 72.6 Å². The van der Waals surface area contributed by atoms with Crippen LogP contribution in [0, 0.1) is 59.2 Å². The van der Waals surface area contributed by atoms with Crippen molar-refractivity contribution in [2.75, 3.05) is 0 Å². The number of benzene rings is 1. The second-order valence-corrected chi connectivity index (χ2v) is 8.69. The first-order valence-corrected chi connectivity index (χ1v) is 11.2. The number of nitrogens with zero attached hydrogens (tertiary/aromatic N) is 6. The van der Waals surface area contributed by atoms with Gasteiger partial charge in [-0.3, -0.25) is 24.3 Å². The largest absolute Gasteiger partial charge is 0.295 e. The van der Waals surface area contributed by atoms with Gasteiger partial charge in [-0.15, -0.1) is 0 Å². The van der Waals surface area contributed by atoms with Gasteiger partial charge >= 0.3 is 0 Å². The molecule has 13 nitrogen and oxygen atoms in total. The topological polar surface area (TPSA) is 225 Å². The Morgan fingerprint density at radius 1 is 0.833 bits per heavy atom. The Kier molecular flexibility index (Phi) is 6.62. The van der Waals surface area contributed by atoms with Crippen LogP contribution in [0.5, 0.6) is 0 Å². The number of aromatic amines is 2. The van der Waals surface area contributed by atoms with Gasteiger partial charge in [0.1, 0.15) is 35.4 Å². The highest BCUT2D eigenvalue weighted by molar-refractivity contribution is 7.85. The molecule has 0 saturated heterocycles. The van der Waals surface area contributed by atoms with E-state index >= 15 is 0 Å². The van der Waals surface area contributed by atoms with Gasteiger partial charge in [0.2, 0.25) is 0 Å². The van der Waals surface area contributed by atoms with Crippen LogP contribution in [0.1, 0.15) is 22.5 Å². The SMILES string of the molecule is Cc1[nH]n(-c2ccc(S(=O)(=O)O)cc2-n2[nH]c(C)c(C=C(C#N)C#N)c2=O)c(=O)c1C=C(C#N)C#N. The first kappa shape index (κ1) is 25.2. The molecule has 0 spiro atoms. The minimum atomic E-state index is -4.72. The molecule has 3 aromatic rings. The first-order chi connectivity index (χ1) is 17.0. The van der Waals surface area contributed by atoms with E-state index in [4.69, 9.17) is 21.0 Å². The maximum atomic E-state index is 13.2. The summed E-state index contributed by atoms with van der Waals surface area (Å²) in [6.07, 6.45) is 2.13. The Labute approximate surface area is 203 Å². The Morgan fingerprint density at radius 2 is 1.25 bits per heavy atom. The summed E-state index contributed by atoms with van der Waals surface area (Å²) in [5.41, 5.74) is -2.02. The average Bonchev–Trinajstić information content (AvgIpc) is 3.28. The molecule has 0 aliphatic carbocycles. The van der Waals surface area contributed by atoms with Gasteiger partial charge in [0.25, 0.3) is 21.2 Å². The van der Waals surface area contributed by atoms with E-state index in [0.29, 0.717) is 0 Å². The fourth-order valence-electron chi connectivity index (χ4n) is 3.30. The van der Waals surface area contributed by atoms with Crippen LogP contribution in [0.4, 0.5) is 0 Å². The first-order valence-electron chi connectivity index (χ1n) is 9.76. The Hall–Kier alpha value is -5.41. The molecule has 0 bridgehead atoms. The number of aromatic nitrogens is 4. The maximum absolute atomic E-state index is 13.2. The van der Waals surface area contributed by atoms with Gasteiger partial charge in [-0.1, -0.05) is 0 Å². The van der Waals surface area contributed by atoms with Crippen molar-refractivity contribution in [2.24, 2.45) is 0 Å². The van der Waals surface area contributed by atoms with Gasteiger partial charge in [-0.25, -0.2) is 9.36 Å². The number of allylic oxidation sites excluding steroid dienone is 2. The lowest BCUT2D eigenvalue weighted by atomic mass is 10.2. The van der Waals surface area contributed by atoms with Crippen LogP contribution < -0.4 is 11.1 Å². The quantitative estimate of drug-likeness (QED) is 0.337. The normalized spacial score (nSPS) is 10.4. The number of rotatable bonds is 5. The second-order valence-electron chi connectivity index (χ2n) is 7.27. The summed E-state index contributed by atoms with van der Waals surface area (Å²) in [6, 6.07) is 9.68. The number of H-pyrrole nitrogens is 2. The number of hydrogen-bond donors (Lipinski definition) is 3. The summed E-state index contributed by atoms with van der Waals surface area (Å²) in [7, 11) is -4.72. The monoisotopic (exact) mass is 502 g/mol. The number of nitriles is 4. The van der Waals surface area contributed by atoms with Crippen LogP contribution in [-0.2, 0) is 10.1 Å². The van der Waals surface area contributed by atoms with Crippen molar-refractivity contribution in [2.45, 2.75) is 18.7 Å². The third-order valence-corrected chi connectivity index (χ3v) is 5.87. The molecule has 0 amide bonds. The maximum Gasteiger partial charge on any atom is 0.294 e. The molecule has 1 aromatic carbocycles. The third kappa shape index (κ3) is 4.49. The average molecular weight is 502 g/mol. The molecule has 0 radical (unpaired) electrons. The van der Waals surface area contributed by atoms with E-state index in [1.165, 1.54) is 13.8 Å². The molecule has 36 heavy (non-hydrogen) atoms. The van der Waals surface area contributed by atoms with Gasteiger partial charge in [0.15, 0.2) is 0 Å². The molecule has 0 saturated carbocycles. The minimum Gasteiger partial charge on any atom is -0.295 e. The van der Waals surface area contributed by atoms with Crippen LogP contribution in [0.3, 0.4) is 0 Å². The zero-order chi connectivity index (χ0) is 26.8. The molecule has 0 unspecified atom stereocenters. The summed E-state index contributed by atoms with van der Waals surface area (Å²) in [5.74, 6) is 0. The van der Waals surface area contributed by atoms with Crippen LogP contribution in [0.15, 0.2) is 43.8 Å². The zero-order valence-corrected chi connectivity index (χ0v) is 19.4. The molecular formula is C22H14N8O5S. The summed E-state index contributed by atoms with van der Waals surface area (Å²) in [4.78, 5) is 25.7. The molecule has 14 heteroatoms. The zero-order valence-electron chi connectivity index (χ0n) is 18.6. The smallest absolute Gasteiger partial charge is 0.294 e. The number of hydrogen-bond acceptors (Lipinski definition) is 8. The van der Waals surface area contributed by atoms with E-state index in [0.717, 1.165) is 39.7 Å². The number of aryl methyl sites for hydroxylation is 2. The highest BCUT2D eigenvalue weighted by Gasteiger charge is 2.21. The van der Waals surface area contributed by atoms with Gasteiger partial charge in [-0.2, -0.15) is 29.5 Å². The lowest BCUT2D eigenvalue weighted by Gasteiger charge is -2.11. The number of nitrogens with one attached hydrogen (secondary N) is 2. The van der Waals surface area contributed by atoms with E-state index < -0.39 is 26.1 Å². The minimum absolute atomic E-state index is 0.0239. The van der Waals surface area contributed by atoms with E-state index in [-0.39, 0.29) is 45.0 Å². The van der Waals surface area contributed by atoms with Gasteiger partial charge < -0.3 is 0 Å². The fraction of sp³-hybridized carbons (Fsp3) is 0.0909. The van der Waals surface area contributed by atoms with Crippen LogP contribution in [0.25, 0.3) is 23.5 Å². The third-order valence-electron chi connectivity index (χ3n) is 5.02. The van der Waals surface area contributed by atoms with Crippen molar-refractivity contribution in [1.29, 1.82) is 21.0 Å². The van der Waals surface area contributed by atoms with Crippen molar-refractivity contribution in [3.63, 3.8) is 0 Å². The predicted molar refractivity (Wildman–Crippen MR) is 124 cm³/mol. The molecule has 178 valence electrons. The highest BCUT2D eigenvalue weighted by Crippen LogP contribution is 2.23. The summed E-state index contributed by atoms with van der Waals surface area (Å²) in [5, 5.41) is 41.5. The van der Waals surface area contributed by atoms with E-state index in [2.05, 4.69) is 10.2 Å². The molecule has 2 aromatic heterocycles. The summed E-state index contributed by atoms with van der Waals surface area (Å²) in [6.45, 7) is 2.98. The Bertz CT molecular complexity index is 1840. The van der Waals surface area contributed by atoms with Gasteiger partial charge in [0, 0.05) is 11.4 Å². The molecule has 0 atom stereocenters. The van der Waals surface area contributed by atoms with Gasteiger partial charge in [0.05, 0.1) is 27.4 Å². The van der Waals surface area contributed by atoms with Crippen molar-refractivity contribution >= 4 is 22.3 Å². The fourth-order valence-corrected chi connectivity index (χ4v) is 3.80. The van der Waals surface area contributed by atoms with E-state index in [1.54, 1.807) is 24.3 Å². The Balaban J connectivity index is 2.41. The van der Waals surface area contributed by atoms with Crippen molar-refractivity contribution in [1.82, 2.24) is 19.6 Å². The van der Waals surface area contributed by atoms with E-state index in [1.807, 2.05) is 0 Å². The summed E-state index contributed by atoms with van der Waals surface area (Å²) >= 11 is 0. The summed E-state index contributed by atoms with van der Waals surface area (Å²) < 4.78 is 35.0. The molecule has 0 aliphatic rings. The van der Waals surface area contributed by atoms with Gasteiger partial charge in [-0.05, 0) is 44.2 Å². The molecule has 3 N–H and O–H groups in total. The molecule has 0 fully saturated rings. The Morgan fingerprint density at radius 3 is 1.64 bits per heavy atom. The molecule has 0 aliphatic heterocycles. The standard InChI is InChI=1S/C22H14N8O5S/c1-12-17(5-14(8-23)9-24)21(31)29(27-12)19-4-3-16(36(33,34)35)7-20(19)30-22(32)18(13(2)28-30)6-15(10-25)11-26/h3-7,27-28H,1-2H3,(H,33,34,35). The van der Waals surface area contributed by atoms with Crippen LogP contribution in [-0.4, -0.2) is 32.5 Å². The molecule has 2 heterocycles. The van der Waals surface area contributed by atoms with Crippen LogP contribution in [0.2, 0.25) is 0 Å². The molecular weight excluding hydrogens is 488 g/mol. The lowest BCUT2D eigenvalue weighted by molar-refractivity contribution is 0.483. The second kappa shape index (κ2) is 9.45. The van der Waals surface area contributed by atoms with Crippen molar-refractivity contribution < 1.29 is 13.0 Å². The molecule has 3 rings (SSSR count). The lowest BCUT2D eigenvalue weighted by Crippen LogP contribution is -2.23. The van der Waals surface area contributed by atoms with Crippen molar-refractivity contribution in [3.8, 4) is 35.7 Å².